The minimum absolute atomic E-state index is 0.0890. The van der Waals surface area contributed by atoms with Crippen LogP contribution in [0.15, 0.2) is 0 Å². The van der Waals surface area contributed by atoms with Crippen molar-refractivity contribution in [3.05, 3.63) is 0 Å². The van der Waals surface area contributed by atoms with E-state index in [-0.39, 0.29) is 23.1 Å². The van der Waals surface area contributed by atoms with Crippen molar-refractivity contribution in [2.24, 2.45) is 11.3 Å². The Kier molecular flexibility index (Phi) is 4.11. The Morgan fingerprint density at radius 1 is 1.31 bits per heavy atom. The van der Waals surface area contributed by atoms with Gasteiger partial charge in [0, 0.05) is 12.8 Å². The highest BCUT2D eigenvalue weighted by atomic mass is 16.2. The smallest absolute Gasteiger partial charge is 0.230 e. The summed E-state index contributed by atoms with van der Waals surface area (Å²) in [5, 5.41) is 2.32. The fraction of sp³-hybridized carbons (Fsp3) is 0.800. The molecule has 0 saturated heterocycles. The van der Waals surface area contributed by atoms with Gasteiger partial charge in [0.1, 0.15) is 0 Å². The number of nitrogens with one attached hydrogen (secondary N) is 1. The van der Waals surface area contributed by atoms with E-state index in [2.05, 4.69) is 5.32 Å². The molecule has 3 nitrogen and oxygen atoms in total. The lowest BCUT2D eigenvalue weighted by Crippen LogP contribution is -2.39. The van der Waals surface area contributed by atoms with Crippen LogP contribution in [0.4, 0.5) is 0 Å². The quantitative estimate of drug-likeness (QED) is 0.712. The van der Waals surface area contributed by atoms with Gasteiger partial charge in [-0.1, -0.05) is 27.7 Å². The van der Waals surface area contributed by atoms with Crippen LogP contribution < -0.4 is 5.32 Å². The molecule has 13 heavy (non-hydrogen) atoms. The monoisotopic (exact) mass is 185 g/mol. The highest BCUT2D eigenvalue weighted by Gasteiger charge is 2.29. The standard InChI is InChI=1S/C10H19NO2/c1-6-8(10(3,4)5)9(13)11-7(2)12/h8H,6H2,1-5H3,(H,11,12,13). The maximum Gasteiger partial charge on any atom is 0.230 e. The molecule has 0 aliphatic heterocycles. The van der Waals surface area contributed by atoms with Crippen molar-refractivity contribution in [3.8, 4) is 0 Å². The third-order valence-electron chi connectivity index (χ3n) is 2.07. The zero-order chi connectivity index (χ0) is 10.6. The van der Waals surface area contributed by atoms with Crippen LogP contribution in [0.2, 0.25) is 0 Å². The van der Waals surface area contributed by atoms with E-state index in [1.54, 1.807) is 0 Å². The Bertz CT molecular complexity index is 203. The van der Waals surface area contributed by atoms with E-state index >= 15 is 0 Å². The van der Waals surface area contributed by atoms with Crippen LogP contribution in [0.5, 0.6) is 0 Å². The number of carbonyl (C=O) groups is 2. The molecule has 0 aromatic rings. The van der Waals surface area contributed by atoms with E-state index in [0.717, 1.165) is 6.42 Å². The van der Waals surface area contributed by atoms with Crippen LogP contribution in [-0.4, -0.2) is 11.8 Å². The molecule has 0 fully saturated rings. The van der Waals surface area contributed by atoms with Crippen molar-refractivity contribution in [2.75, 3.05) is 0 Å². The van der Waals surface area contributed by atoms with Crippen molar-refractivity contribution >= 4 is 11.8 Å². The van der Waals surface area contributed by atoms with Gasteiger partial charge in [-0.15, -0.1) is 0 Å². The lowest BCUT2D eigenvalue weighted by molar-refractivity contribution is -0.134. The molecule has 76 valence electrons. The van der Waals surface area contributed by atoms with Gasteiger partial charge in [-0.2, -0.15) is 0 Å². The molecule has 0 rings (SSSR count). The third-order valence-corrected chi connectivity index (χ3v) is 2.07. The zero-order valence-corrected chi connectivity index (χ0v) is 9.10. The van der Waals surface area contributed by atoms with Gasteiger partial charge in [0.15, 0.2) is 0 Å². The first-order valence-corrected chi connectivity index (χ1v) is 4.60. The maximum atomic E-state index is 11.5. The van der Waals surface area contributed by atoms with Crippen molar-refractivity contribution in [1.29, 1.82) is 0 Å². The lowest BCUT2D eigenvalue weighted by Gasteiger charge is -2.27. The van der Waals surface area contributed by atoms with Crippen LogP contribution in [0.1, 0.15) is 41.0 Å². The van der Waals surface area contributed by atoms with Gasteiger partial charge in [-0.3, -0.25) is 14.9 Å². The summed E-state index contributed by atoms with van der Waals surface area (Å²) in [5.74, 6) is -0.549. The molecule has 1 unspecified atom stereocenters. The van der Waals surface area contributed by atoms with Crippen LogP contribution in [0, 0.1) is 11.3 Å². The van der Waals surface area contributed by atoms with Crippen LogP contribution in [0.25, 0.3) is 0 Å². The fourth-order valence-corrected chi connectivity index (χ4v) is 1.45. The Hall–Kier alpha value is -0.860. The Morgan fingerprint density at radius 2 is 1.77 bits per heavy atom. The molecule has 1 N–H and O–H groups in total. The molecule has 0 aromatic carbocycles. The van der Waals surface area contributed by atoms with Gasteiger partial charge in [0.25, 0.3) is 0 Å². The van der Waals surface area contributed by atoms with E-state index < -0.39 is 0 Å². The Labute approximate surface area is 79.9 Å². The maximum absolute atomic E-state index is 11.5. The number of hydrogen-bond acceptors (Lipinski definition) is 2. The summed E-state index contributed by atoms with van der Waals surface area (Å²) in [6.07, 6.45) is 0.753. The second kappa shape index (κ2) is 4.40. The summed E-state index contributed by atoms with van der Waals surface area (Å²) in [4.78, 5) is 22.2. The largest absolute Gasteiger partial charge is 0.296 e. The summed E-state index contributed by atoms with van der Waals surface area (Å²) in [6.45, 7) is 9.31. The highest BCUT2D eigenvalue weighted by molar-refractivity contribution is 5.95. The van der Waals surface area contributed by atoms with Crippen LogP contribution in [-0.2, 0) is 9.59 Å². The summed E-state index contributed by atoms with van der Waals surface area (Å²) in [7, 11) is 0. The summed E-state index contributed by atoms with van der Waals surface area (Å²) in [6, 6.07) is 0. The van der Waals surface area contributed by atoms with Gasteiger partial charge >= 0.3 is 0 Å². The highest BCUT2D eigenvalue weighted by Crippen LogP contribution is 2.28. The number of carbonyl (C=O) groups excluding carboxylic acids is 2. The van der Waals surface area contributed by atoms with Gasteiger partial charge in [0.2, 0.25) is 11.8 Å². The topological polar surface area (TPSA) is 46.2 Å². The molecular formula is C10H19NO2. The number of amides is 2. The van der Waals surface area contributed by atoms with Gasteiger partial charge in [-0.05, 0) is 11.8 Å². The minimum atomic E-state index is -0.285. The molecule has 0 radical (unpaired) electrons. The van der Waals surface area contributed by atoms with Crippen LogP contribution in [0.3, 0.4) is 0 Å². The molecule has 0 aromatic heterocycles. The van der Waals surface area contributed by atoms with Crippen molar-refractivity contribution in [2.45, 2.75) is 41.0 Å². The first-order chi connectivity index (χ1) is 5.79. The van der Waals surface area contributed by atoms with E-state index in [9.17, 15) is 9.59 Å². The molecular weight excluding hydrogens is 166 g/mol. The number of hydrogen-bond donors (Lipinski definition) is 1. The first-order valence-electron chi connectivity index (χ1n) is 4.60. The normalized spacial score (nSPS) is 13.6. The molecule has 0 heterocycles. The van der Waals surface area contributed by atoms with Crippen molar-refractivity contribution < 1.29 is 9.59 Å². The SMILES string of the molecule is CCC(C(=O)NC(C)=O)C(C)(C)C. The fourth-order valence-electron chi connectivity index (χ4n) is 1.45. The first kappa shape index (κ1) is 12.1. The van der Waals surface area contributed by atoms with E-state index in [4.69, 9.17) is 0 Å². The molecule has 3 heteroatoms. The summed E-state index contributed by atoms with van der Waals surface area (Å²) in [5.41, 5.74) is -0.0890. The summed E-state index contributed by atoms with van der Waals surface area (Å²) < 4.78 is 0. The molecule has 0 aliphatic carbocycles. The lowest BCUT2D eigenvalue weighted by atomic mass is 9.78. The molecule has 1 atom stereocenters. The van der Waals surface area contributed by atoms with E-state index in [1.807, 2.05) is 27.7 Å². The Morgan fingerprint density at radius 3 is 2.00 bits per heavy atom. The predicted octanol–water partition coefficient (Wildman–Crippen LogP) is 1.72. The van der Waals surface area contributed by atoms with Crippen LogP contribution >= 0.6 is 0 Å². The van der Waals surface area contributed by atoms with Crippen molar-refractivity contribution in [1.82, 2.24) is 5.32 Å². The molecule has 2 amide bonds. The Balaban J connectivity index is 4.42. The molecule has 0 aliphatic rings. The second-order valence-corrected chi connectivity index (χ2v) is 4.37. The molecule has 0 saturated carbocycles. The molecule has 0 bridgehead atoms. The van der Waals surface area contributed by atoms with E-state index in [1.165, 1.54) is 6.92 Å². The van der Waals surface area contributed by atoms with Gasteiger partial charge in [0.05, 0.1) is 0 Å². The third kappa shape index (κ3) is 4.06. The van der Waals surface area contributed by atoms with Crippen molar-refractivity contribution in [3.63, 3.8) is 0 Å². The zero-order valence-electron chi connectivity index (χ0n) is 9.10. The average Bonchev–Trinajstić information content (AvgIpc) is 1.82. The summed E-state index contributed by atoms with van der Waals surface area (Å²) >= 11 is 0. The molecule has 0 spiro atoms. The predicted molar refractivity (Wildman–Crippen MR) is 52.1 cm³/mol. The number of rotatable bonds is 2. The second-order valence-electron chi connectivity index (χ2n) is 4.37. The van der Waals surface area contributed by atoms with Gasteiger partial charge < -0.3 is 0 Å². The van der Waals surface area contributed by atoms with Gasteiger partial charge in [-0.25, -0.2) is 0 Å². The average molecular weight is 185 g/mol. The minimum Gasteiger partial charge on any atom is -0.296 e. The number of imide groups is 1. The van der Waals surface area contributed by atoms with E-state index in [0.29, 0.717) is 0 Å².